The van der Waals surface area contributed by atoms with Gasteiger partial charge in [0.25, 0.3) is 0 Å². The van der Waals surface area contributed by atoms with Crippen LogP contribution < -0.4 is 0 Å². The minimum atomic E-state index is -3.63. The second-order valence-corrected chi connectivity index (χ2v) is 9.04. The lowest BCUT2D eigenvalue weighted by Gasteiger charge is -2.36. The third-order valence-corrected chi connectivity index (χ3v) is 7.33. The fourth-order valence-corrected chi connectivity index (χ4v) is 5.02. The van der Waals surface area contributed by atoms with Gasteiger partial charge in [0.2, 0.25) is 15.9 Å². The molecule has 1 aromatic carbocycles. The molecule has 1 aromatic rings. The van der Waals surface area contributed by atoms with Crippen LogP contribution in [0.3, 0.4) is 0 Å². The van der Waals surface area contributed by atoms with E-state index in [-0.39, 0.29) is 34.8 Å². The first-order valence-corrected chi connectivity index (χ1v) is 10.5. The molecule has 0 bridgehead atoms. The molecule has 0 aromatic heterocycles. The van der Waals surface area contributed by atoms with Crippen molar-refractivity contribution in [2.45, 2.75) is 24.2 Å². The fraction of sp³-hybridized carbons (Fsp3) is 0.471. The Morgan fingerprint density at radius 3 is 2.36 bits per heavy atom. The van der Waals surface area contributed by atoms with Crippen LogP contribution in [0.5, 0.6) is 0 Å². The molecule has 0 spiro atoms. The quantitative estimate of drug-likeness (QED) is 0.729. The van der Waals surface area contributed by atoms with E-state index in [1.54, 1.807) is 4.90 Å². The summed E-state index contributed by atoms with van der Waals surface area (Å²) < 4.78 is 26.9. The monoisotopic (exact) mass is 402 g/mol. The fourth-order valence-electron chi connectivity index (χ4n) is 3.21. The van der Waals surface area contributed by atoms with E-state index in [0.717, 1.165) is 19.3 Å². The molecule has 1 atom stereocenters. The molecule has 0 saturated carbocycles. The van der Waals surface area contributed by atoms with Crippen molar-refractivity contribution in [2.75, 3.05) is 26.2 Å². The van der Waals surface area contributed by atoms with Crippen LogP contribution in [-0.2, 0) is 14.8 Å². The molecular weight excluding hydrogens is 383 g/mol. The predicted octanol–water partition coefficient (Wildman–Crippen LogP) is 3.18. The molecule has 136 valence electrons. The lowest BCUT2D eigenvalue weighted by molar-refractivity contribution is -0.137. The summed E-state index contributed by atoms with van der Waals surface area (Å²) >= 11 is 11.8. The Morgan fingerprint density at radius 1 is 1.04 bits per heavy atom. The molecule has 3 rings (SSSR count). The molecule has 2 aliphatic rings. The minimum Gasteiger partial charge on any atom is -0.340 e. The van der Waals surface area contributed by atoms with Gasteiger partial charge in [0.05, 0.1) is 14.9 Å². The minimum absolute atomic E-state index is 0.0308. The summed E-state index contributed by atoms with van der Waals surface area (Å²) in [6.45, 7) is 1.41. The van der Waals surface area contributed by atoms with Crippen molar-refractivity contribution in [1.82, 2.24) is 9.21 Å². The van der Waals surface area contributed by atoms with E-state index in [2.05, 4.69) is 12.2 Å². The maximum Gasteiger partial charge on any atom is 0.243 e. The van der Waals surface area contributed by atoms with Gasteiger partial charge in [0, 0.05) is 32.1 Å². The molecule has 1 aliphatic carbocycles. The number of sulfonamides is 1. The van der Waals surface area contributed by atoms with E-state index in [1.165, 1.54) is 22.5 Å². The maximum absolute atomic E-state index is 12.7. The van der Waals surface area contributed by atoms with Crippen molar-refractivity contribution < 1.29 is 13.2 Å². The van der Waals surface area contributed by atoms with Crippen molar-refractivity contribution in [3.8, 4) is 0 Å². The van der Waals surface area contributed by atoms with Gasteiger partial charge in [-0.15, -0.1) is 0 Å². The molecule has 1 aliphatic heterocycles. The first-order chi connectivity index (χ1) is 11.9. The van der Waals surface area contributed by atoms with Gasteiger partial charge in [-0.2, -0.15) is 4.31 Å². The van der Waals surface area contributed by atoms with E-state index in [1.807, 2.05) is 0 Å². The van der Waals surface area contributed by atoms with Crippen LogP contribution in [-0.4, -0.2) is 49.7 Å². The van der Waals surface area contributed by atoms with Gasteiger partial charge in [0.15, 0.2) is 0 Å². The van der Waals surface area contributed by atoms with E-state index >= 15 is 0 Å². The van der Waals surface area contributed by atoms with Crippen LogP contribution in [0.15, 0.2) is 35.2 Å². The Balaban J connectivity index is 1.65. The summed E-state index contributed by atoms with van der Waals surface area (Å²) in [6.07, 6.45) is 6.74. The Bertz CT molecular complexity index is 787. The molecule has 25 heavy (non-hydrogen) atoms. The first kappa shape index (κ1) is 18.7. The highest BCUT2D eigenvalue weighted by Gasteiger charge is 2.32. The molecule has 1 heterocycles. The molecular formula is C17H20Cl2N2O3S. The molecule has 1 unspecified atom stereocenters. The molecule has 1 saturated heterocycles. The number of benzene rings is 1. The molecule has 1 fully saturated rings. The lowest BCUT2D eigenvalue weighted by Crippen LogP contribution is -2.51. The topological polar surface area (TPSA) is 57.7 Å². The van der Waals surface area contributed by atoms with Gasteiger partial charge in [-0.3, -0.25) is 4.79 Å². The summed E-state index contributed by atoms with van der Waals surface area (Å²) in [6, 6.07) is 4.30. The Hall–Kier alpha value is -1.08. The van der Waals surface area contributed by atoms with Gasteiger partial charge in [-0.25, -0.2) is 8.42 Å². The van der Waals surface area contributed by atoms with Crippen LogP contribution in [0.1, 0.15) is 19.3 Å². The van der Waals surface area contributed by atoms with E-state index < -0.39 is 10.0 Å². The summed E-state index contributed by atoms with van der Waals surface area (Å²) in [5, 5.41) is 0.527. The number of amides is 1. The van der Waals surface area contributed by atoms with Gasteiger partial charge >= 0.3 is 0 Å². The smallest absolute Gasteiger partial charge is 0.243 e. The number of carbonyl (C=O) groups excluding carboxylic acids is 1. The van der Waals surface area contributed by atoms with Crippen LogP contribution in [0, 0.1) is 5.92 Å². The summed E-state index contributed by atoms with van der Waals surface area (Å²) in [7, 11) is -3.63. The molecule has 5 nitrogen and oxygen atoms in total. The number of nitrogens with zero attached hydrogens (tertiary/aromatic N) is 2. The van der Waals surface area contributed by atoms with Gasteiger partial charge in [-0.1, -0.05) is 35.4 Å². The van der Waals surface area contributed by atoms with Gasteiger partial charge < -0.3 is 4.90 Å². The SMILES string of the molecule is O=C(C1CC=CCC1)N1CCN(S(=O)(=O)c2ccc(Cl)c(Cl)c2)CC1. The highest BCUT2D eigenvalue weighted by molar-refractivity contribution is 7.89. The van der Waals surface area contributed by atoms with Crippen LogP contribution in [0.4, 0.5) is 0 Å². The Kier molecular flexibility index (Phi) is 5.73. The van der Waals surface area contributed by atoms with E-state index in [9.17, 15) is 13.2 Å². The molecule has 0 N–H and O–H groups in total. The second kappa shape index (κ2) is 7.66. The van der Waals surface area contributed by atoms with Crippen molar-refractivity contribution in [3.05, 3.63) is 40.4 Å². The molecule has 8 heteroatoms. The number of allylic oxidation sites excluding steroid dienone is 2. The van der Waals surface area contributed by atoms with Crippen molar-refractivity contribution in [1.29, 1.82) is 0 Å². The summed E-state index contributed by atoms with van der Waals surface area (Å²) in [5.41, 5.74) is 0. The van der Waals surface area contributed by atoms with Crippen molar-refractivity contribution in [3.63, 3.8) is 0 Å². The zero-order chi connectivity index (χ0) is 18.0. The average molecular weight is 403 g/mol. The number of hydrogen-bond donors (Lipinski definition) is 0. The maximum atomic E-state index is 12.7. The normalized spacial score (nSPS) is 22.2. The van der Waals surface area contributed by atoms with E-state index in [0.29, 0.717) is 18.1 Å². The average Bonchev–Trinajstić information content (AvgIpc) is 2.64. The standard InChI is InChI=1S/C17H20Cl2N2O3S/c18-15-7-6-14(12-16(15)19)25(23,24)21-10-8-20(9-11-21)17(22)13-4-2-1-3-5-13/h1-2,6-7,12-13H,3-5,8-11H2. The van der Waals surface area contributed by atoms with Crippen LogP contribution in [0.25, 0.3) is 0 Å². The van der Waals surface area contributed by atoms with Crippen molar-refractivity contribution >= 4 is 39.1 Å². The Morgan fingerprint density at radius 2 is 1.76 bits per heavy atom. The number of halogens is 2. The number of carbonyl (C=O) groups is 1. The number of piperazine rings is 1. The lowest BCUT2D eigenvalue weighted by atomic mass is 9.93. The van der Waals surface area contributed by atoms with Crippen molar-refractivity contribution in [2.24, 2.45) is 5.92 Å². The third kappa shape index (κ3) is 4.03. The third-order valence-electron chi connectivity index (χ3n) is 4.70. The largest absolute Gasteiger partial charge is 0.340 e. The summed E-state index contributed by atoms with van der Waals surface area (Å²) in [5.74, 6) is 0.166. The predicted molar refractivity (Wildman–Crippen MR) is 98.3 cm³/mol. The highest BCUT2D eigenvalue weighted by atomic mass is 35.5. The zero-order valence-corrected chi connectivity index (χ0v) is 16.0. The van der Waals surface area contributed by atoms with Gasteiger partial charge in [-0.05, 0) is 37.5 Å². The highest BCUT2D eigenvalue weighted by Crippen LogP contribution is 2.27. The zero-order valence-electron chi connectivity index (χ0n) is 13.7. The molecule has 0 radical (unpaired) electrons. The van der Waals surface area contributed by atoms with Crippen LogP contribution in [0.2, 0.25) is 10.0 Å². The van der Waals surface area contributed by atoms with Crippen LogP contribution >= 0.6 is 23.2 Å². The molecule has 1 amide bonds. The van der Waals surface area contributed by atoms with Gasteiger partial charge in [0.1, 0.15) is 0 Å². The number of rotatable bonds is 3. The second-order valence-electron chi connectivity index (χ2n) is 6.29. The number of hydrogen-bond acceptors (Lipinski definition) is 3. The van der Waals surface area contributed by atoms with E-state index in [4.69, 9.17) is 23.2 Å². The first-order valence-electron chi connectivity index (χ1n) is 8.28. The Labute approximate surface area is 158 Å². The summed E-state index contributed by atoms with van der Waals surface area (Å²) in [4.78, 5) is 14.5.